The number of carbonyl (C=O) groups is 1. The topological polar surface area (TPSA) is 47.6 Å². The van der Waals surface area contributed by atoms with Crippen molar-refractivity contribution in [2.75, 3.05) is 26.1 Å². The molecule has 0 aromatic heterocycles. The molecule has 0 heterocycles. The number of ether oxygens (including phenoxy) is 2. The van der Waals surface area contributed by atoms with Gasteiger partial charge < -0.3 is 14.8 Å². The van der Waals surface area contributed by atoms with Crippen molar-refractivity contribution in [3.63, 3.8) is 0 Å². The third-order valence-corrected chi connectivity index (χ3v) is 2.68. The summed E-state index contributed by atoms with van der Waals surface area (Å²) >= 11 is 0. The fourth-order valence-corrected chi connectivity index (χ4v) is 1.61. The average molecular weight is 273 g/mol. The third-order valence-electron chi connectivity index (χ3n) is 2.68. The Morgan fingerprint density at radius 3 is 2.53 bits per heavy atom. The highest BCUT2D eigenvalue weighted by atomic mass is 19.1. The minimum Gasteiger partial charge on any atom is -0.465 e. The van der Waals surface area contributed by atoms with Crippen LogP contribution in [0.5, 0.6) is 0 Å². The number of methoxy groups -OCH3 is 2. The van der Waals surface area contributed by atoms with E-state index >= 15 is 0 Å². The highest BCUT2D eigenvalue weighted by molar-refractivity contribution is 5.90. The molecule has 0 fully saturated rings. The summed E-state index contributed by atoms with van der Waals surface area (Å²) in [5, 5.41) is 2.87. The van der Waals surface area contributed by atoms with E-state index in [1.807, 2.05) is 6.92 Å². The maximum absolute atomic E-state index is 13.6. The molecule has 19 heavy (non-hydrogen) atoms. The Morgan fingerprint density at radius 2 is 2.00 bits per heavy atom. The largest absolute Gasteiger partial charge is 0.465 e. The van der Waals surface area contributed by atoms with Gasteiger partial charge in [-0.15, -0.1) is 0 Å². The van der Waals surface area contributed by atoms with E-state index in [0.717, 1.165) is 13.2 Å². The molecule has 0 amide bonds. The average Bonchev–Trinajstić information content (AvgIpc) is 2.40. The maximum atomic E-state index is 13.6. The summed E-state index contributed by atoms with van der Waals surface area (Å²) in [4.78, 5) is 11.3. The first kappa shape index (κ1) is 15.4. The van der Waals surface area contributed by atoms with Crippen molar-refractivity contribution in [2.45, 2.75) is 19.4 Å². The van der Waals surface area contributed by atoms with E-state index in [1.165, 1.54) is 7.11 Å². The van der Waals surface area contributed by atoms with E-state index in [-0.39, 0.29) is 17.3 Å². The summed E-state index contributed by atoms with van der Waals surface area (Å²) in [5.41, 5.74) is -0.260. The van der Waals surface area contributed by atoms with Crippen molar-refractivity contribution < 1.29 is 23.0 Å². The first-order valence-electron chi connectivity index (χ1n) is 5.86. The normalized spacial score (nSPS) is 12.1. The maximum Gasteiger partial charge on any atom is 0.340 e. The molecule has 4 nitrogen and oxygen atoms in total. The Bertz CT molecular complexity index is 452. The van der Waals surface area contributed by atoms with Gasteiger partial charge in [0.1, 0.15) is 11.6 Å². The van der Waals surface area contributed by atoms with Crippen LogP contribution in [-0.2, 0) is 9.47 Å². The first-order valence-corrected chi connectivity index (χ1v) is 5.86. The van der Waals surface area contributed by atoms with Crippen LogP contribution in [-0.4, -0.2) is 32.8 Å². The van der Waals surface area contributed by atoms with E-state index in [4.69, 9.17) is 4.74 Å². The molecule has 0 saturated carbocycles. The Balaban J connectivity index is 3.03. The molecule has 0 aliphatic heterocycles. The summed E-state index contributed by atoms with van der Waals surface area (Å²) in [6.07, 6.45) is 0.693. The molecule has 1 aromatic rings. The summed E-state index contributed by atoms with van der Waals surface area (Å²) in [6.45, 7) is 2.28. The zero-order valence-electron chi connectivity index (χ0n) is 11.1. The van der Waals surface area contributed by atoms with Crippen LogP contribution in [0.1, 0.15) is 23.7 Å². The van der Waals surface area contributed by atoms with Crippen molar-refractivity contribution in [3.8, 4) is 0 Å². The Morgan fingerprint density at radius 1 is 1.32 bits per heavy atom. The van der Waals surface area contributed by atoms with Crippen LogP contribution in [0.3, 0.4) is 0 Å². The quantitative estimate of drug-likeness (QED) is 0.809. The molecular weight excluding hydrogens is 256 g/mol. The van der Waals surface area contributed by atoms with Crippen LogP contribution in [0.4, 0.5) is 14.5 Å². The summed E-state index contributed by atoms with van der Waals surface area (Å²) < 4.78 is 36.5. The number of halogens is 2. The minimum absolute atomic E-state index is 0.0469. The van der Waals surface area contributed by atoms with Gasteiger partial charge in [-0.25, -0.2) is 13.6 Å². The van der Waals surface area contributed by atoms with E-state index in [9.17, 15) is 13.6 Å². The number of hydrogen-bond donors (Lipinski definition) is 1. The molecule has 1 N–H and O–H groups in total. The van der Waals surface area contributed by atoms with Crippen LogP contribution >= 0.6 is 0 Å². The summed E-state index contributed by atoms with van der Waals surface area (Å²) in [7, 11) is 2.67. The van der Waals surface area contributed by atoms with Gasteiger partial charge in [0.15, 0.2) is 0 Å². The van der Waals surface area contributed by atoms with Gasteiger partial charge in [-0.3, -0.25) is 0 Å². The van der Waals surface area contributed by atoms with Gasteiger partial charge in [0.25, 0.3) is 0 Å². The molecular formula is C13H17F2NO3. The van der Waals surface area contributed by atoms with Gasteiger partial charge in [0.05, 0.1) is 25.0 Å². The van der Waals surface area contributed by atoms with E-state index < -0.39 is 17.6 Å². The molecule has 1 atom stereocenters. The van der Waals surface area contributed by atoms with Crippen LogP contribution in [0.25, 0.3) is 0 Å². The van der Waals surface area contributed by atoms with Crippen molar-refractivity contribution in [3.05, 3.63) is 29.3 Å². The van der Waals surface area contributed by atoms with E-state index in [2.05, 4.69) is 10.1 Å². The molecule has 0 saturated heterocycles. The fourth-order valence-electron chi connectivity index (χ4n) is 1.61. The predicted octanol–water partition coefficient (Wildman–Crippen LogP) is 2.59. The lowest BCUT2D eigenvalue weighted by atomic mass is 10.1. The Hall–Kier alpha value is -1.69. The van der Waals surface area contributed by atoms with Crippen molar-refractivity contribution in [1.82, 2.24) is 0 Å². The lowest BCUT2D eigenvalue weighted by Gasteiger charge is -2.18. The van der Waals surface area contributed by atoms with Gasteiger partial charge >= 0.3 is 5.97 Å². The number of carbonyl (C=O) groups excluding carboxylic acids is 1. The molecule has 1 unspecified atom stereocenters. The lowest BCUT2D eigenvalue weighted by Crippen LogP contribution is -2.24. The SMILES string of the molecule is CCC(COC)Nc1cc(C(=O)OC)c(F)cc1F. The minimum atomic E-state index is -0.949. The Kier molecular flexibility index (Phi) is 5.69. The zero-order valence-corrected chi connectivity index (χ0v) is 11.1. The second kappa shape index (κ2) is 7.04. The fraction of sp³-hybridized carbons (Fsp3) is 0.462. The number of hydrogen-bond acceptors (Lipinski definition) is 4. The number of nitrogens with one attached hydrogen (secondary N) is 1. The summed E-state index contributed by atoms with van der Waals surface area (Å²) in [5.74, 6) is -2.56. The number of anilines is 1. The van der Waals surface area contributed by atoms with Gasteiger partial charge in [-0.05, 0) is 12.5 Å². The standard InChI is InChI=1S/C13H17F2NO3/c1-4-8(7-18-2)16-12-5-9(13(17)19-3)10(14)6-11(12)15/h5-6,8,16H,4,7H2,1-3H3. The van der Waals surface area contributed by atoms with Gasteiger partial charge in [-0.2, -0.15) is 0 Å². The van der Waals surface area contributed by atoms with E-state index in [0.29, 0.717) is 19.1 Å². The molecule has 0 radical (unpaired) electrons. The molecule has 1 rings (SSSR count). The highest BCUT2D eigenvalue weighted by Gasteiger charge is 2.18. The van der Waals surface area contributed by atoms with Crippen molar-refractivity contribution >= 4 is 11.7 Å². The van der Waals surface area contributed by atoms with Crippen molar-refractivity contribution in [1.29, 1.82) is 0 Å². The van der Waals surface area contributed by atoms with Gasteiger partial charge in [0, 0.05) is 19.2 Å². The molecule has 0 spiro atoms. The smallest absolute Gasteiger partial charge is 0.340 e. The Labute approximate surface area is 110 Å². The molecule has 1 aromatic carbocycles. The van der Waals surface area contributed by atoms with Crippen LogP contribution in [0.2, 0.25) is 0 Å². The molecule has 0 aliphatic rings. The molecule has 0 bridgehead atoms. The first-order chi connectivity index (χ1) is 9.03. The summed E-state index contributed by atoms with van der Waals surface area (Å²) in [6, 6.07) is 1.64. The monoisotopic (exact) mass is 273 g/mol. The lowest BCUT2D eigenvalue weighted by molar-refractivity contribution is 0.0595. The molecule has 0 aliphatic carbocycles. The van der Waals surface area contributed by atoms with E-state index in [1.54, 1.807) is 0 Å². The van der Waals surface area contributed by atoms with Crippen LogP contribution < -0.4 is 5.32 Å². The van der Waals surface area contributed by atoms with Crippen molar-refractivity contribution in [2.24, 2.45) is 0 Å². The van der Waals surface area contributed by atoms with Crippen LogP contribution in [0.15, 0.2) is 12.1 Å². The number of rotatable bonds is 6. The number of benzene rings is 1. The second-order valence-electron chi connectivity index (χ2n) is 4.01. The van der Waals surface area contributed by atoms with Gasteiger partial charge in [0.2, 0.25) is 0 Å². The highest BCUT2D eigenvalue weighted by Crippen LogP contribution is 2.21. The molecule has 106 valence electrons. The third kappa shape index (κ3) is 3.89. The van der Waals surface area contributed by atoms with Crippen LogP contribution in [0, 0.1) is 11.6 Å². The number of esters is 1. The molecule has 6 heteroatoms. The predicted molar refractivity (Wildman–Crippen MR) is 67.3 cm³/mol. The van der Waals surface area contributed by atoms with Gasteiger partial charge in [-0.1, -0.05) is 6.92 Å². The second-order valence-corrected chi connectivity index (χ2v) is 4.01. The zero-order chi connectivity index (χ0) is 14.4.